The fraction of sp³-hybridized carbons (Fsp3) is 0.571. The van der Waals surface area contributed by atoms with Crippen molar-refractivity contribution >= 4 is 0 Å². The van der Waals surface area contributed by atoms with Crippen LogP contribution in [-0.2, 0) is 26.9 Å². The molecule has 0 spiro atoms. The number of nitrogens with zero attached hydrogens (tertiary/aromatic N) is 4. The van der Waals surface area contributed by atoms with Crippen molar-refractivity contribution < 1.29 is 5.11 Å². The molecule has 2 rings (SSSR count). The Balaban J connectivity index is 1.94. The van der Waals surface area contributed by atoms with Crippen LogP contribution in [-0.4, -0.2) is 30.8 Å². The first kappa shape index (κ1) is 13.8. The van der Waals surface area contributed by atoms with Gasteiger partial charge in [0.15, 0.2) is 0 Å². The summed E-state index contributed by atoms with van der Waals surface area (Å²) < 4.78 is 3.73. The number of aliphatic hydroxyl groups excluding tert-OH is 1. The summed E-state index contributed by atoms with van der Waals surface area (Å²) in [5.74, 6) is 0. The van der Waals surface area contributed by atoms with Crippen molar-refractivity contribution in [2.75, 3.05) is 0 Å². The molecular weight excluding hydrogens is 240 g/mol. The van der Waals surface area contributed by atoms with Gasteiger partial charge in [-0.3, -0.25) is 9.36 Å². The zero-order chi connectivity index (χ0) is 14.0. The molecule has 0 aromatic carbocycles. The SMILES string of the molecule is Cc1nn(C)c(C)c1CC(O)CCc1ccnn1C. The molecule has 5 nitrogen and oxygen atoms in total. The van der Waals surface area contributed by atoms with Crippen LogP contribution in [0.5, 0.6) is 0 Å². The van der Waals surface area contributed by atoms with E-state index in [1.54, 1.807) is 6.20 Å². The third-order valence-electron chi connectivity index (χ3n) is 3.75. The monoisotopic (exact) mass is 262 g/mol. The Morgan fingerprint density at radius 1 is 1.26 bits per heavy atom. The maximum atomic E-state index is 10.2. The molecule has 0 radical (unpaired) electrons. The zero-order valence-electron chi connectivity index (χ0n) is 12.1. The van der Waals surface area contributed by atoms with E-state index in [4.69, 9.17) is 0 Å². The molecule has 104 valence electrons. The first-order chi connectivity index (χ1) is 8.99. The summed E-state index contributed by atoms with van der Waals surface area (Å²) in [6.07, 6.45) is 3.71. The van der Waals surface area contributed by atoms with E-state index in [0.717, 1.165) is 29.9 Å². The topological polar surface area (TPSA) is 55.9 Å². The van der Waals surface area contributed by atoms with E-state index in [-0.39, 0.29) is 6.10 Å². The van der Waals surface area contributed by atoms with E-state index >= 15 is 0 Å². The summed E-state index contributed by atoms with van der Waals surface area (Å²) in [6.45, 7) is 4.04. The van der Waals surface area contributed by atoms with E-state index < -0.39 is 0 Å². The van der Waals surface area contributed by atoms with Gasteiger partial charge in [0, 0.05) is 38.1 Å². The molecule has 5 heteroatoms. The summed E-state index contributed by atoms with van der Waals surface area (Å²) in [4.78, 5) is 0. The highest BCUT2D eigenvalue weighted by atomic mass is 16.3. The molecule has 2 aromatic heterocycles. The summed E-state index contributed by atoms with van der Waals surface area (Å²) in [7, 11) is 3.87. The van der Waals surface area contributed by atoms with Crippen LogP contribution < -0.4 is 0 Å². The van der Waals surface area contributed by atoms with Crippen molar-refractivity contribution in [1.82, 2.24) is 19.6 Å². The van der Waals surface area contributed by atoms with Gasteiger partial charge < -0.3 is 5.11 Å². The van der Waals surface area contributed by atoms with Crippen LogP contribution >= 0.6 is 0 Å². The molecular formula is C14H22N4O. The number of aromatic nitrogens is 4. The molecule has 19 heavy (non-hydrogen) atoms. The smallest absolute Gasteiger partial charge is 0.0629 e. The third kappa shape index (κ3) is 3.04. The minimum absolute atomic E-state index is 0.337. The highest BCUT2D eigenvalue weighted by molar-refractivity contribution is 5.25. The Labute approximate surface area is 113 Å². The van der Waals surface area contributed by atoms with Crippen LogP contribution in [0, 0.1) is 13.8 Å². The normalized spacial score (nSPS) is 12.9. The lowest BCUT2D eigenvalue weighted by Gasteiger charge is -2.11. The lowest BCUT2D eigenvalue weighted by molar-refractivity contribution is 0.164. The Bertz CT molecular complexity index is 556. The Hall–Kier alpha value is -1.62. The maximum Gasteiger partial charge on any atom is 0.0629 e. The van der Waals surface area contributed by atoms with Crippen LogP contribution in [0.25, 0.3) is 0 Å². The predicted octanol–water partition coefficient (Wildman–Crippen LogP) is 1.31. The number of hydrogen-bond acceptors (Lipinski definition) is 3. The van der Waals surface area contributed by atoms with E-state index in [1.807, 2.05) is 43.4 Å². The van der Waals surface area contributed by atoms with Gasteiger partial charge in [-0.1, -0.05) is 0 Å². The molecule has 2 heterocycles. The molecule has 0 aliphatic heterocycles. The third-order valence-corrected chi connectivity index (χ3v) is 3.75. The minimum atomic E-state index is -0.337. The van der Waals surface area contributed by atoms with Crippen molar-refractivity contribution in [3.8, 4) is 0 Å². The van der Waals surface area contributed by atoms with Crippen molar-refractivity contribution in [3.05, 3.63) is 34.9 Å². The highest BCUT2D eigenvalue weighted by Gasteiger charge is 2.14. The summed E-state index contributed by atoms with van der Waals surface area (Å²) >= 11 is 0. The van der Waals surface area contributed by atoms with Gasteiger partial charge in [0.2, 0.25) is 0 Å². The first-order valence-electron chi connectivity index (χ1n) is 6.63. The number of hydrogen-bond donors (Lipinski definition) is 1. The van der Waals surface area contributed by atoms with Gasteiger partial charge in [0.25, 0.3) is 0 Å². The molecule has 1 N–H and O–H groups in total. The highest BCUT2D eigenvalue weighted by Crippen LogP contribution is 2.16. The quantitative estimate of drug-likeness (QED) is 0.884. The largest absolute Gasteiger partial charge is 0.393 e. The van der Waals surface area contributed by atoms with Gasteiger partial charge in [-0.05, 0) is 38.3 Å². The lowest BCUT2D eigenvalue weighted by atomic mass is 10.0. The number of aryl methyl sites for hydroxylation is 4. The fourth-order valence-corrected chi connectivity index (χ4v) is 2.41. The van der Waals surface area contributed by atoms with Gasteiger partial charge in [0.05, 0.1) is 11.8 Å². The summed E-state index contributed by atoms with van der Waals surface area (Å²) in [5.41, 5.74) is 4.47. The van der Waals surface area contributed by atoms with E-state index in [2.05, 4.69) is 10.2 Å². The average molecular weight is 262 g/mol. The Kier molecular flexibility index (Phi) is 4.04. The average Bonchev–Trinajstić information content (AvgIpc) is 2.86. The number of rotatable bonds is 5. The molecule has 0 saturated heterocycles. The molecule has 0 aliphatic rings. The molecule has 1 atom stereocenters. The van der Waals surface area contributed by atoms with Crippen LogP contribution in [0.15, 0.2) is 12.3 Å². The van der Waals surface area contributed by atoms with Crippen molar-refractivity contribution in [2.45, 2.75) is 39.2 Å². The Morgan fingerprint density at radius 2 is 2.00 bits per heavy atom. The Morgan fingerprint density at radius 3 is 2.53 bits per heavy atom. The second kappa shape index (κ2) is 5.57. The van der Waals surface area contributed by atoms with E-state index in [1.165, 1.54) is 5.56 Å². The maximum absolute atomic E-state index is 10.2. The number of aliphatic hydroxyl groups is 1. The van der Waals surface area contributed by atoms with Gasteiger partial charge in [-0.15, -0.1) is 0 Å². The van der Waals surface area contributed by atoms with Gasteiger partial charge in [0.1, 0.15) is 0 Å². The molecule has 0 aliphatic carbocycles. The van der Waals surface area contributed by atoms with Crippen LogP contribution in [0.1, 0.15) is 29.1 Å². The fourth-order valence-electron chi connectivity index (χ4n) is 2.41. The summed E-state index contributed by atoms with van der Waals surface area (Å²) in [5, 5.41) is 18.7. The second-order valence-corrected chi connectivity index (χ2v) is 5.12. The first-order valence-corrected chi connectivity index (χ1v) is 6.63. The van der Waals surface area contributed by atoms with Crippen LogP contribution in [0.4, 0.5) is 0 Å². The predicted molar refractivity (Wildman–Crippen MR) is 73.9 cm³/mol. The molecule has 1 unspecified atom stereocenters. The molecule has 0 bridgehead atoms. The van der Waals surface area contributed by atoms with Crippen LogP contribution in [0.3, 0.4) is 0 Å². The molecule has 0 amide bonds. The second-order valence-electron chi connectivity index (χ2n) is 5.12. The van der Waals surface area contributed by atoms with Crippen LogP contribution in [0.2, 0.25) is 0 Å². The molecule has 0 fully saturated rings. The van der Waals surface area contributed by atoms with E-state index in [0.29, 0.717) is 6.42 Å². The van der Waals surface area contributed by atoms with E-state index in [9.17, 15) is 5.11 Å². The van der Waals surface area contributed by atoms with Crippen molar-refractivity contribution in [3.63, 3.8) is 0 Å². The zero-order valence-corrected chi connectivity index (χ0v) is 12.1. The standard InChI is InChI=1S/C14H22N4O/c1-10-14(11(2)17(3)16-10)9-13(19)6-5-12-7-8-15-18(12)4/h7-8,13,19H,5-6,9H2,1-4H3. The van der Waals surface area contributed by atoms with Crippen molar-refractivity contribution in [2.24, 2.45) is 14.1 Å². The lowest BCUT2D eigenvalue weighted by Crippen LogP contribution is -2.14. The van der Waals surface area contributed by atoms with Gasteiger partial charge in [-0.2, -0.15) is 10.2 Å². The molecule has 2 aromatic rings. The summed E-state index contributed by atoms with van der Waals surface area (Å²) in [6, 6.07) is 1.99. The van der Waals surface area contributed by atoms with Crippen molar-refractivity contribution in [1.29, 1.82) is 0 Å². The van der Waals surface area contributed by atoms with Gasteiger partial charge >= 0.3 is 0 Å². The van der Waals surface area contributed by atoms with Gasteiger partial charge in [-0.25, -0.2) is 0 Å². The molecule has 0 saturated carbocycles. The minimum Gasteiger partial charge on any atom is -0.393 e.